The Hall–Kier alpha value is 0. The molecule has 0 amide bonds. The predicted octanol–water partition coefficient (Wildman–Crippen LogP) is 3.96. The summed E-state index contributed by atoms with van der Waals surface area (Å²) in [5.74, 6) is 2.83. The third-order valence-corrected chi connectivity index (χ3v) is 3.96. The molecule has 0 nitrogen and oxygen atoms in total. The smallest absolute Gasteiger partial charge is 0.0241 e. The van der Waals surface area contributed by atoms with E-state index in [0.717, 1.165) is 11.3 Å². The molecule has 0 spiro atoms. The normalized spacial score (nSPS) is 27.2. The molecule has 1 radical (unpaired) electrons. The Morgan fingerprint density at radius 2 is 2.00 bits per heavy atom. The monoisotopic (exact) mass is 165 g/mol. The van der Waals surface area contributed by atoms with Crippen LogP contribution in [0.2, 0.25) is 0 Å². The third-order valence-electron chi connectivity index (χ3n) is 3.96. The predicted molar refractivity (Wildman–Crippen MR) is 52.8 cm³/mol. The summed E-state index contributed by atoms with van der Waals surface area (Å²) < 4.78 is 0. The van der Waals surface area contributed by atoms with Crippen molar-refractivity contribution in [2.45, 2.75) is 58.8 Å². The molecule has 0 aromatic heterocycles. The first-order valence-corrected chi connectivity index (χ1v) is 5.52. The van der Waals surface area contributed by atoms with Crippen LogP contribution in [0.1, 0.15) is 58.8 Å². The van der Waals surface area contributed by atoms with Crippen LogP contribution >= 0.6 is 0 Å². The number of hydrogen-bond donors (Lipinski definition) is 0. The second-order valence-electron chi connectivity index (χ2n) is 5.28. The van der Waals surface area contributed by atoms with Crippen LogP contribution in [-0.4, -0.2) is 0 Å². The lowest BCUT2D eigenvalue weighted by Crippen LogP contribution is -2.25. The minimum absolute atomic E-state index is 0.746. The molecule has 0 N–H and O–H groups in total. The Kier molecular flexibility index (Phi) is 2.18. The Morgan fingerprint density at radius 3 is 2.42 bits per heavy atom. The van der Waals surface area contributed by atoms with Crippen LogP contribution in [0.5, 0.6) is 0 Å². The highest BCUT2D eigenvalue weighted by molar-refractivity contribution is 5.01. The van der Waals surface area contributed by atoms with Gasteiger partial charge in [-0.15, -0.1) is 0 Å². The van der Waals surface area contributed by atoms with Crippen LogP contribution < -0.4 is 0 Å². The van der Waals surface area contributed by atoms with Gasteiger partial charge in [0.2, 0.25) is 0 Å². The Bertz CT molecular complexity index is 151. The maximum absolute atomic E-state index is 2.47. The first-order chi connectivity index (χ1) is 5.70. The van der Waals surface area contributed by atoms with Gasteiger partial charge in [0, 0.05) is 0 Å². The van der Waals surface area contributed by atoms with E-state index in [2.05, 4.69) is 13.8 Å². The van der Waals surface area contributed by atoms with Gasteiger partial charge in [-0.25, -0.2) is 0 Å². The molecular formula is C12H21. The van der Waals surface area contributed by atoms with Crippen molar-refractivity contribution in [3.63, 3.8) is 0 Å². The van der Waals surface area contributed by atoms with Crippen molar-refractivity contribution in [3.8, 4) is 0 Å². The van der Waals surface area contributed by atoms with Gasteiger partial charge in [0.1, 0.15) is 0 Å². The van der Waals surface area contributed by atoms with Crippen LogP contribution in [0.4, 0.5) is 0 Å². The lowest BCUT2D eigenvalue weighted by Gasteiger charge is -2.39. The van der Waals surface area contributed by atoms with Crippen molar-refractivity contribution < 1.29 is 0 Å². The average Bonchev–Trinajstić information content (AvgIpc) is 2.78. The van der Waals surface area contributed by atoms with Gasteiger partial charge < -0.3 is 0 Å². The molecule has 2 aliphatic rings. The molecule has 0 heteroatoms. The molecule has 2 fully saturated rings. The SMILES string of the molecule is C[C](CCC1(C)CCC1)C1CC1. The standard InChI is InChI=1S/C12H21/c1-10(11-4-5-11)6-9-12(2)7-3-8-12/h11H,3-9H2,1-2H3. The molecule has 0 aliphatic heterocycles. The van der Waals surface area contributed by atoms with Crippen molar-refractivity contribution in [2.24, 2.45) is 11.3 Å². The molecule has 2 rings (SSSR count). The molecule has 0 heterocycles. The summed E-state index contributed by atoms with van der Waals surface area (Å²) in [7, 11) is 0. The van der Waals surface area contributed by atoms with Crippen molar-refractivity contribution in [1.82, 2.24) is 0 Å². The highest BCUT2D eigenvalue weighted by Crippen LogP contribution is 2.47. The summed E-state index contributed by atoms with van der Waals surface area (Å²) in [6, 6.07) is 0. The van der Waals surface area contributed by atoms with Crippen LogP contribution in [0, 0.1) is 17.3 Å². The van der Waals surface area contributed by atoms with Gasteiger partial charge >= 0.3 is 0 Å². The largest absolute Gasteiger partial charge is 0.0596 e. The zero-order chi connectivity index (χ0) is 8.60. The van der Waals surface area contributed by atoms with Crippen molar-refractivity contribution >= 4 is 0 Å². The minimum Gasteiger partial charge on any atom is -0.0596 e. The average molecular weight is 165 g/mol. The highest BCUT2D eigenvalue weighted by Gasteiger charge is 2.34. The Morgan fingerprint density at radius 1 is 1.33 bits per heavy atom. The van der Waals surface area contributed by atoms with E-state index in [1.807, 2.05) is 0 Å². The summed E-state index contributed by atoms with van der Waals surface area (Å²) in [5, 5.41) is 0. The van der Waals surface area contributed by atoms with E-state index in [4.69, 9.17) is 0 Å². The van der Waals surface area contributed by atoms with Gasteiger partial charge in [-0.3, -0.25) is 0 Å². The molecule has 0 atom stereocenters. The van der Waals surface area contributed by atoms with Crippen LogP contribution in [0.3, 0.4) is 0 Å². The first kappa shape index (κ1) is 8.59. The summed E-state index contributed by atoms with van der Waals surface area (Å²) in [4.78, 5) is 0. The van der Waals surface area contributed by atoms with E-state index in [0.29, 0.717) is 0 Å². The van der Waals surface area contributed by atoms with Gasteiger partial charge in [-0.05, 0) is 55.8 Å². The lowest BCUT2D eigenvalue weighted by atomic mass is 9.67. The maximum Gasteiger partial charge on any atom is -0.0241 e. The van der Waals surface area contributed by atoms with Gasteiger partial charge in [-0.1, -0.05) is 20.3 Å². The summed E-state index contributed by atoms with van der Waals surface area (Å²) in [6.45, 7) is 4.84. The summed E-state index contributed by atoms with van der Waals surface area (Å²) >= 11 is 0. The van der Waals surface area contributed by atoms with Crippen LogP contribution in [0.25, 0.3) is 0 Å². The lowest BCUT2D eigenvalue weighted by molar-refractivity contribution is 0.143. The fourth-order valence-corrected chi connectivity index (χ4v) is 2.31. The minimum atomic E-state index is 0.746. The first-order valence-electron chi connectivity index (χ1n) is 5.52. The van der Waals surface area contributed by atoms with E-state index in [1.54, 1.807) is 5.92 Å². The molecule has 69 valence electrons. The van der Waals surface area contributed by atoms with Gasteiger partial charge in [-0.2, -0.15) is 0 Å². The Labute approximate surface area is 76.7 Å². The van der Waals surface area contributed by atoms with E-state index < -0.39 is 0 Å². The van der Waals surface area contributed by atoms with Crippen LogP contribution in [-0.2, 0) is 0 Å². The fraction of sp³-hybridized carbons (Fsp3) is 0.917. The zero-order valence-corrected chi connectivity index (χ0v) is 8.53. The molecule has 0 bridgehead atoms. The van der Waals surface area contributed by atoms with E-state index >= 15 is 0 Å². The Balaban J connectivity index is 1.66. The van der Waals surface area contributed by atoms with Crippen molar-refractivity contribution in [2.75, 3.05) is 0 Å². The van der Waals surface area contributed by atoms with Gasteiger partial charge in [0.05, 0.1) is 0 Å². The second kappa shape index (κ2) is 3.05. The molecule has 2 saturated carbocycles. The van der Waals surface area contributed by atoms with Crippen LogP contribution in [0.15, 0.2) is 0 Å². The molecule has 12 heavy (non-hydrogen) atoms. The van der Waals surface area contributed by atoms with E-state index in [9.17, 15) is 0 Å². The quantitative estimate of drug-likeness (QED) is 0.591. The maximum atomic E-state index is 2.47. The zero-order valence-electron chi connectivity index (χ0n) is 8.53. The summed E-state index contributed by atoms with van der Waals surface area (Å²) in [5.41, 5.74) is 0.746. The number of rotatable bonds is 4. The fourth-order valence-electron chi connectivity index (χ4n) is 2.31. The molecule has 2 aliphatic carbocycles. The van der Waals surface area contributed by atoms with E-state index in [1.165, 1.54) is 44.9 Å². The highest BCUT2D eigenvalue weighted by atomic mass is 14.4. The number of hydrogen-bond acceptors (Lipinski definition) is 0. The second-order valence-corrected chi connectivity index (χ2v) is 5.28. The topological polar surface area (TPSA) is 0 Å². The summed E-state index contributed by atoms with van der Waals surface area (Å²) in [6.07, 6.45) is 10.3. The molecule has 0 unspecified atom stereocenters. The molecule has 0 aromatic carbocycles. The third kappa shape index (κ3) is 1.84. The van der Waals surface area contributed by atoms with E-state index in [-0.39, 0.29) is 0 Å². The van der Waals surface area contributed by atoms with Gasteiger partial charge in [0.15, 0.2) is 0 Å². The van der Waals surface area contributed by atoms with Crippen molar-refractivity contribution in [1.29, 1.82) is 0 Å². The molecular weight excluding hydrogens is 144 g/mol. The molecule has 0 aromatic rings. The molecule has 0 saturated heterocycles. The van der Waals surface area contributed by atoms with Gasteiger partial charge in [0.25, 0.3) is 0 Å². The van der Waals surface area contributed by atoms with Crippen molar-refractivity contribution in [3.05, 3.63) is 5.92 Å².